The third-order valence-electron chi connectivity index (χ3n) is 17.2. The first-order valence-electron chi connectivity index (χ1n) is 29.5. The molecule has 1 aliphatic carbocycles. The number of alkyl carbamates (subject to hydrolysis) is 1. The van der Waals surface area contributed by atoms with Gasteiger partial charge in [0.25, 0.3) is 0 Å². The van der Waals surface area contributed by atoms with Gasteiger partial charge in [0, 0.05) is 42.5 Å². The number of piperazine rings is 1. The third-order valence-corrected chi connectivity index (χ3v) is 17.2. The second kappa shape index (κ2) is 29.4. The topological polar surface area (TPSA) is 235 Å². The summed E-state index contributed by atoms with van der Waals surface area (Å²) in [6.07, 6.45) is 5.44. The van der Waals surface area contributed by atoms with Crippen LogP contribution in [0.15, 0.2) is 109 Å². The molecule has 3 aliphatic heterocycles. The van der Waals surface area contributed by atoms with Crippen LogP contribution in [0.3, 0.4) is 0 Å². The highest BCUT2D eigenvalue weighted by Gasteiger charge is 2.47. The van der Waals surface area contributed by atoms with Crippen LogP contribution in [0.25, 0.3) is 11.1 Å². The fourth-order valence-corrected chi connectivity index (χ4v) is 11.5. The van der Waals surface area contributed by atoms with E-state index in [0.717, 1.165) is 27.8 Å². The van der Waals surface area contributed by atoms with Gasteiger partial charge in [-0.15, -0.1) is 0 Å². The number of carbonyl (C=O) groups is 5. The van der Waals surface area contributed by atoms with Crippen LogP contribution in [0.1, 0.15) is 117 Å². The molecule has 6 N–H and O–H groups in total. The Bertz CT molecular complexity index is 2790. The van der Waals surface area contributed by atoms with E-state index in [-0.39, 0.29) is 72.8 Å². The Labute approximate surface area is 506 Å². The van der Waals surface area contributed by atoms with Gasteiger partial charge in [0.1, 0.15) is 36.9 Å². The zero-order valence-corrected chi connectivity index (χ0v) is 52.3. The Morgan fingerprint density at radius 2 is 1.57 bits per heavy atom. The minimum atomic E-state index is -1.20. The summed E-state index contributed by atoms with van der Waals surface area (Å²) in [5, 5.41) is 40.8. The number of allylic oxidation sites excluding steroid dienone is 2. The van der Waals surface area contributed by atoms with Crippen LogP contribution in [0.2, 0.25) is 0 Å². The highest BCUT2D eigenvalue weighted by atomic mass is 79.9. The predicted molar refractivity (Wildman–Crippen MR) is 317 cm³/mol. The number of fused-ring (bicyclic) bond motifs is 3. The van der Waals surface area contributed by atoms with Gasteiger partial charge in [-0.25, -0.2) is 9.59 Å². The van der Waals surface area contributed by atoms with Crippen LogP contribution in [0, 0.1) is 17.8 Å². The number of esters is 1. The largest absolute Gasteiger partial charge is 1.00 e. The van der Waals surface area contributed by atoms with Crippen molar-refractivity contribution in [1.29, 1.82) is 0 Å². The Hall–Kier alpha value is -5.93. The minimum Gasteiger partial charge on any atom is -1.00 e. The van der Waals surface area contributed by atoms with Gasteiger partial charge in [-0.05, 0) is 98.9 Å². The van der Waals surface area contributed by atoms with E-state index in [9.17, 15) is 39.3 Å². The van der Waals surface area contributed by atoms with Crippen molar-refractivity contribution >= 4 is 35.7 Å². The summed E-state index contributed by atoms with van der Waals surface area (Å²) < 4.78 is 30.5. The highest BCUT2D eigenvalue weighted by Crippen LogP contribution is 2.45. The van der Waals surface area contributed by atoms with E-state index < -0.39 is 83.6 Å². The lowest BCUT2D eigenvalue weighted by atomic mass is 9.88. The molecule has 0 aromatic heterocycles. The molecular weight excluding hydrogens is 1140 g/mol. The number of ether oxygens (including phenoxy) is 5. The molecule has 3 unspecified atom stereocenters. The average Bonchev–Trinajstić information content (AvgIpc) is 3.67. The maximum absolute atomic E-state index is 14.1. The van der Waals surface area contributed by atoms with Gasteiger partial charge in [0.2, 0.25) is 11.8 Å². The highest BCUT2D eigenvalue weighted by molar-refractivity contribution is 5.98. The number of rotatable bonds is 20. The standard InChI is InChI=1S/C65H89N5O13.BrH/c1-12-53(72)43(6)59-54(81-59)37-64(8,78)30-17-18-41(4)58-42(5)23-28-55(65(9,79-11)31-29-47(71)36-56(73)83-58)82-63(77)69-32-34-70(10,35-33-69)38-45-24-26-46(27-25-45)67-60(74)44(7)66-61(75)57(40(2)3)68-62(76)80-39-52-50-21-15-13-19-48(50)49-20-14-16-22-51(49)52;/h13-28,30,40,42-44,47,52-55,57-59,71-72,78H,12,29,31-39H2,1-11H3,(H2-,66,67,68,74,75,76);1H/b28-23+,30-17+,41-18+;/t42-,43+,44?,47+,53-,54-,55-,57?,58+,59-,64?,65+;/m0./s1. The summed E-state index contributed by atoms with van der Waals surface area (Å²) in [7, 11) is 3.68. The lowest BCUT2D eigenvalue weighted by Gasteiger charge is -2.42. The number of nitrogens with one attached hydrogen (secondary N) is 3. The fraction of sp³-hybridized carbons (Fsp3) is 0.554. The number of quaternary nitrogens is 1. The number of likely N-dealkylation sites (N-methyl/N-ethyl adjacent to an activating group) is 1. The summed E-state index contributed by atoms with van der Waals surface area (Å²) in [4.78, 5) is 69.0. The third kappa shape index (κ3) is 17.6. The van der Waals surface area contributed by atoms with E-state index in [4.69, 9.17) is 23.7 Å². The molecule has 18 nitrogen and oxygen atoms in total. The van der Waals surface area contributed by atoms with E-state index in [1.165, 1.54) is 7.11 Å². The van der Waals surface area contributed by atoms with Gasteiger partial charge in [-0.2, -0.15) is 0 Å². The number of aliphatic hydroxyl groups excluding tert-OH is 2. The molecule has 0 radical (unpaired) electrons. The maximum Gasteiger partial charge on any atom is 0.410 e. The first-order valence-corrected chi connectivity index (χ1v) is 29.5. The number of cyclic esters (lactones) is 1. The molecule has 2 saturated heterocycles. The van der Waals surface area contributed by atoms with Crippen LogP contribution >= 0.6 is 0 Å². The molecular formula is C65H90BrN5O13. The molecule has 4 aliphatic rings. The number of nitrogens with zero attached hydrogens (tertiary/aromatic N) is 2. The van der Waals surface area contributed by atoms with Crippen molar-refractivity contribution in [3.8, 4) is 11.1 Å². The van der Waals surface area contributed by atoms with Crippen molar-refractivity contribution < 1.29 is 84.4 Å². The Balaban J connectivity index is 0.0000113. The van der Waals surface area contributed by atoms with E-state index >= 15 is 0 Å². The second-order valence-corrected chi connectivity index (χ2v) is 24.5. The van der Waals surface area contributed by atoms with Crippen LogP contribution < -0.4 is 32.9 Å². The Morgan fingerprint density at radius 3 is 2.18 bits per heavy atom. The van der Waals surface area contributed by atoms with Gasteiger partial charge < -0.3 is 76.4 Å². The summed E-state index contributed by atoms with van der Waals surface area (Å²) in [6, 6.07) is 21.8. The lowest BCUT2D eigenvalue weighted by Crippen LogP contribution is -3.00. The first kappa shape index (κ1) is 67.2. The van der Waals surface area contributed by atoms with Gasteiger partial charge in [-0.3, -0.25) is 19.3 Å². The van der Waals surface area contributed by atoms with E-state index in [0.29, 0.717) is 61.3 Å². The van der Waals surface area contributed by atoms with Crippen LogP contribution in [0.4, 0.5) is 15.3 Å². The SMILES string of the molecule is CC[C@H](O)[C@@H](C)[C@@H]1O[C@H]1CC(C)(O)/C=C/C=C(\C)[C@H]1OC(=O)C[C@H](O)CC[C@@](C)(OC)[C@@H](OC(=O)N2CC[N+](C)(Cc3ccc(NC(=O)C(C)NC(=O)C(NC(=O)OCC4c5ccccc5-c5ccccc54)C(C)C)cc3)CC2)/C=C/[C@@H]1C.[Br-]. The maximum atomic E-state index is 14.1. The molecule has 3 heterocycles. The lowest BCUT2D eigenvalue weighted by molar-refractivity contribution is -0.926. The number of amides is 4. The van der Waals surface area contributed by atoms with E-state index in [2.05, 4.69) is 35.1 Å². The first-order chi connectivity index (χ1) is 39.3. The molecule has 12 atom stereocenters. The number of methoxy groups -OCH3 is 1. The molecule has 460 valence electrons. The van der Waals surface area contributed by atoms with Crippen molar-refractivity contribution in [2.45, 2.75) is 167 Å². The van der Waals surface area contributed by atoms with Gasteiger partial charge in [0.15, 0.2) is 6.10 Å². The average molecular weight is 1230 g/mol. The predicted octanol–water partition coefficient (Wildman–Crippen LogP) is 5.34. The normalized spacial score (nSPS) is 26.0. The van der Waals surface area contributed by atoms with Crippen molar-refractivity contribution in [2.24, 2.45) is 17.8 Å². The van der Waals surface area contributed by atoms with Crippen molar-refractivity contribution in [3.63, 3.8) is 0 Å². The van der Waals surface area contributed by atoms with Gasteiger partial charge in [0.05, 0.1) is 69.7 Å². The molecule has 7 rings (SSSR count). The number of hydrogen-bond donors (Lipinski definition) is 6. The molecule has 0 spiro atoms. The number of anilines is 1. The fourth-order valence-electron chi connectivity index (χ4n) is 11.5. The van der Waals surface area contributed by atoms with Crippen molar-refractivity contribution in [1.82, 2.24) is 15.5 Å². The zero-order valence-electron chi connectivity index (χ0n) is 50.7. The number of epoxide rings is 1. The van der Waals surface area contributed by atoms with E-state index in [1.54, 1.807) is 43.1 Å². The van der Waals surface area contributed by atoms with E-state index in [1.807, 2.05) is 115 Å². The number of aliphatic hydroxyl groups is 3. The summed E-state index contributed by atoms with van der Waals surface area (Å²) in [6.45, 7) is 19.2. The Kier molecular flexibility index (Phi) is 23.6. The van der Waals surface area contributed by atoms with Gasteiger partial charge in [-0.1, -0.05) is 120 Å². The summed E-state index contributed by atoms with van der Waals surface area (Å²) >= 11 is 0. The summed E-state index contributed by atoms with van der Waals surface area (Å²) in [5.41, 5.74) is 4.41. The van der Waals surface area contributed by atoms with Crippen molar-refractivity contribution in [3.05, 3.63) is 125 Å². The van der Waals surface area contributed by atoms with Crippen molar-refractivity contribution in [2.75, 3.05) is 52.3 Å². The molecule has 2 fully saturated rings. The quantitative estimate of drug-likeness (QED) is 0.0210. The molecule has 84 heavy (non-hydrogen) atoms. The number of benzene rings is 3. The minimum absolute atomic E-state index is 0. The monoisotopic (exact) mass is 1230 g/mol. The Morgan fingerprint density at radius 1 is 0.940 bits per heavy atom. The molecule has 0 saturated carbocycles. The molecule has 4 amide bonds. The molecule has 3 aromatic carbocycles. The smallest absolute Gasteiger partial charge is 0.410 e. The second-order valence-electron chi connectivity index (χ2n) is 24.5. The number of hydrogen-bond acceptors (Lipinski definition) is 13. The van der Waals surface area contributed by atoms with Gasteiger partial charge >= 0.3 is 18.2 Å². The van der Waals surface area contributed by atoms with Crippen LogP contribution in [-0.2, 0) is 44.6 Å². The van der Waals surface area contributed by atoms with Crippen LogP contribution in [-0.4, -0.2) is 162 Å². The molecule has 0 bridgehead atoms. The summed E-state index contributed by atoms with van der Waals surface area (Å²) in [5.74, 6) is -2.36. The van der Waals surface area contributed by atoms with Crippen LogP contribution in [0.5, 0.6) is 0 Å². The molecule has 19 heteroatoms. The number of halogens is 1. The number of carbonyl (C=O) groups excluding carboxylic acids is 5. The zero-order chi connectivity index (χ0) is 60.4. The molecule has 3 aromatic rings.